The summed E-state index contributed by atoms with van der Waals surface area (Å²) in [4.78, 5) is 2.02. The number of piperidine rings is 1. The number of nitrogens with zero attached hydrogens (tertiary/aromatic N) is 2. The average Bonchev–Trinajstić information content (AvgIpc) is 2.60. The number of benzene rings is 1. The molecule has 0 atom stereocenters. The first-order valence-corrected chi connectivity index (χ1v) is 10.9. The summed E-state index contributed by atoms with van der Waals surface area (Å²) in [7, 11) is -1.34. The summed E-state index contributed by atoms with van der Waals surface area (Å²) in [5.74, 6) is 0.519. The zero-order valence-corrected chi connectivity index (χ0v) is 17.0. The largest absolute Gasteiger partial charge is 0.416 e. The van der Waals surface area contributed by atoms with Crippen LogP contribution in [0.1, 0.15) is 44.2 Å². The maximum atomic E-state index is 12.9. The van der Waals surface area contributed by atoms with Crippen LogP contribution < -0.4 is 0 Å². The highest BCUT2D eigenvalue weighted by molar-refractivity contribution is 7.89. The number of hydrogen-bond donors (Lipinski definition) is 0. The van der Waals surface area contributed by atoms with Crippen molar-refractivity contribution in [2.45, 2.75) is 51.9 Å². The Balaban J connectivity index is 1.91. The van der Waals surface area contributed by atoms with Crippen molar-refractivity contribution >= 4 is 10.0 Å². The van der Waals surface area contributed by atoms with E-state index in [0.717, 1.165) is 6.07 Å². The lowest BCUT2D eigenvalue weighted by Crippen LogP contribution is -2.46. The first kappa shape index (κ1) is 22.2. The van der Waals surface area contributed by atoms with E-state index in [1.807, 2.05) is 25.8 Å². The van der Waals surface area contributed by atoms with E-state index in [9.17, 15) is 21.6 Å². The van der Waals surface area contributed by atoms with E-state index in [1.165, 1.54) is 12.1 Å². The molecule has 1 aromatic rings. The number of rotatable bonds is 7. The van der Waals surface area contributed by atoms with Gasteiger partial charge in [-0.15, -0.1) is 0 Å². The van der Waals surface area contributed by atoms with E-state index in [0.29, 0.717) is 50.4 Å². The molecule has 27 heavy (non-hydrogen) atoms. The van der Waals surface area contributed by atoms with Gasteiger partial charge in [-0.1, -0.05) is 32.0 Å². The van der Waals surface area contributed by atoms with Crippen LogP contribution in [0.4, 0.5) is 13.2 Å². The summed E-state index contributed by atoms with van der Waals surface area (Å²) < 4.78 is 64.9. The van der Waals surface area contributed by atoms with E-state index in [-0.39, 0.29) is 11.8 Å². The molecular weight excluding hydrogens is 377 g/mol. The molecule has 8 heteroatoms. The van der Waals surface area contributed by atoms with Gasteiger partial charge in [-0.3, -0.25) is 4.90 Å². The Morgan fingerprint density at radius 3 is 2.41 bits per heavy atom. The molecule has 0 spiro atoms. The van der Waals surface area contributed by atoms with Gasteiger partial charge >= 0.3 is 6.18 Å². The van der Waals surface area contributed by atoms with Crippen LogP contribution in [0.5, 0.6) is 0 Å². The zero-order chi connectivity index (χ0) is 20.2. The predicted octanol–water partition coefficient (Wildman–Crippen LogP) is 3.98. The molecular formula is C19H29F3N2O2S. The minimum Gasteiger partial charge on any atom is -0.299 e. The van der Waals surface area contributed by atoms with Crippen molar-refractivity contribution in [2.75, 3.05) is 25.9 Å². The summed E-state index contributed by atoms with van der Waals surface area (Å²) >= 11 is 0. The lowest BCUT2D eigenvalue weighted by Gasteiger charge is -2.36. The number of hydrogen-bond acceptors (Lipinski definition) is 3. The second-order valence-electron chi connectivity index (χ2n) is 7.74. The Labute approximate surface area is 160 Å². The highest BCUT2D eigenvalue weighted by atomic mass is 32.2. The first-order chi connectivity index (χ1) is 12.5. The fraction of sp³-hybridized carbons (Fsp3) is 0.684. The van der Waals surface area contributed by atoms with Crippen LogP contribution in [0.15, 0.2) is 24.3 Å². The minimum absolute atomic E-state index is 0.163. The summed E-state index contributed by atoms with van der Waals surface area (Å²) in [5, 5.41) is 0. The monoisotopic (exact) mass is 406 g/mol. The lowest BCUT2D eigenvalue weighted by molar-refractivity contribution is -0.137. The Bertz CT molecular complexity index is 712. The molecule has 0 unspecified atom stereocenters. The Kier molecular flexibility index (Phi) is 7.33. The predicted molar refractivity (Wildman–Crippen MR) is 101 cm³/mol. The standard InChI is InChI=1S/C19H29F3N2O2S/c1-15(2)9-12-27(25,26)24-10-7-18(8-11-24)23(3)14-16-5-4-6-17(13-16)19(20,21)22/h4-6,13,15,18H,7-12,14H2,1-3H3. The van der Waals surface area contributed by atoms with Crippen molar-refractivity contribution in [1.29, 1.82) is 0 Å². The topological polar surface area (TPSA) is 40.6 Å². The first-order valence-electron chi connectivity index (χ1n) is 9.33. The number of halogens is 3. The average molecular weight is 407 g/mol. The molecule has 1 aliphatic heterocycles. The van der Waals surface area contributed by atoms with Crippen molar-refractivity contribution in [3.8, 4) is 0 Å². The van der Waals surface area contributed by atoms with Gasteiger partial charge in [-0.25, -0.2) is 12.7 Å². The van der Waals surface area contributed by atoms with Gasteiger partial charge in [0.25, 0.3) is 0 Å². The molecule has 1 aliphatic rings. The summed E-state index contributed by atoms with van der Waals surface area (Å²) in [5.41, 5.74) is -0.0289. The van der Waals surface area contributed by atoms with Gasteiger partial charge in [-0.05, 0) is 43.9 Å². The van der Waals surface area contributed by atoms with Gasteiger partial charge in [0.1, 0.15) is 0 Å². The van der Waals surface area contributed by atoms with E-state index in [1.54, 1.807) is 10.4 Å². The SMILES string of the molecule is CC(C)CCS(=O)(=O)N1CCC(N(C)Cc2cccc(C(F)(F)F)c2)CC1. The molecule has 1 aromatic carbocycles. The van der Waals surface area contributed by atoms with Crippen LogP contribution in [-0.4, -0.2) is 49.6 Å². The van der Waals surface area contributed by atoms with Crippen LogP contribution in [0.3, 0.4) is 0 Å². The molecule has 1 fully saturated rings. The van der Waals surface area contributed by atoms with E-state index < -0.39 is 21.8 Å². The molecule has 2 rings (SSSR count). The molecule has 0 bridgehead atoms. The Hall–Kier alpha value is -1.12. The summed E-state index contributed by atoms with van der Waals surface area (Å²) in [6.07, 6.45) is -2.31. The third-order valence-corrected chi connectivity index (χ3v) is 6.98. The maximum Gasteiger partial charge on any atom is 0.416 e. The highest BCUT2D eigenvalue weighted by Crippen LogP contribution is 2.30. The molecule has 0 saturated carbocycles. The molecule has 0 radical (unpaired) electrons. The minimum atomic E-state index is -4.34. The third kappa shape index (κ3) is 6.47. The molecule has 1 saturated heterocycles. The smallest absolute Gasteiger partial charge is 0.299 e. The van der Waals surface area contributed by atoms with Crippen LogP contribution >= 0.6 is 0 Å². The van der Waals surface area contributed by atoms with Gasteiger partial charge in [0.15, 0.2) is 0 Å². The number of sulfonamides is 1. The van der Waals surface area contributed by atoms with Crippen molar-refractivity contribution in [1.82, 2.24) is 9.21 Å². The molecule has 0 aromatic heterocycles. The van der Waals surface area contributed by atoms with Gasteiger partial charge in [-0.2, -0.15) is 13.2 Å². The zero-order valence-electron chi connectivity index (χ0n) is 16.2. The van der Waals surface area contributed by atoms with Crippen LogP contribution in [0.2, 0.25) is 0 Å². The molecule has 0 amide bonds. The van der Waals surface area contributed by atoms with E-state index in [4.69, 9.17) is 0 Å². The molecule has 1 heterocycles. The highest BCUT2D eigenvalue weighted by Gasteiger charge is 2.31. The molecule has 4 nitrogen and oxygen atoms in total. The lowest BCUT2D eigenvalue weighted by atomic mass is 10.0. The van der Waals surface area contributed by atoms with Gasteiger partial charge in [0, 0.05) is 25.7 Å². The fourth-order valence-electron chi connectivity index (χ4n) is 3.34. The Morgan fingerprint density at radius 2 is 1.85 bits per heavy atom. The van der Waals surface area contributed by atoms with E-state index >= 15 is 0 Å². The van der Waals surface area contributed by atoms with E-state index in [2.05, 4.69) is 0 Å². The second kappa shape index (κ2) is 8.92. The Morgan fingerprint density at radius 1 is 1.22 bits per heavy atom. The van der Waals surface area contributed by atoms with Crippen LogP contribution in [0.25, 0.3) is 0 Å². The third-order valence-electron chi connectivity index (χ3n) is 5.08. The maximum absolute atomic E-state index is 12.9. The van der Waals surface area contributed by atoms with Gasteiger partial charge in [0.05, 0.1) is 11.3 Å². The summed E-state index contributed by atoms with van der Waals surface area (Å²) in [6, 6.07) is 5.54. The van der Waals surface area contributed by atoms with Crippen LogP contribution in [-0.2, 0) is 22.7 Å². The molecule has 154 valence electrons. The van der Waals surface area contributed by atoms with Crippen molar-refractivity contribution in [3.05, 3.63) is 35.4 Å². The van der Waals surface area contributed by atoms with Crippen molar-refractivity contribution in [2.24, 2.45) is 5.92 Å². The number of alkyl halides is 3. The molecule has 0 N–H and O–H groups in total. The second-order valence-corrected chi connectivity index (χ2v) is 9.83. The molecule has 0 aliphatic carbocycles. The summed E-state index contributed by atoms with van der Waals surface area (Å²) in [6.45, 7) is 5.36. The quantitative estimate of drug-likeness (QED) is 0.688. The van der Waals surface area contributed by atoms with Crippen molar-refractivity contribution in [3.63, 3.8) is 0 Å². The van der Waals surface area contributed by atoms with Crippen LogP contribution in [0, 0.1) is 5.92 Å². The normalized spacial score (nSPS) is 17.8. The fourth-order valence-corrected chi connectivity index (χ4v) is 5.13. The van der Waals surface area contributed by atoms with Gasteiger partial charge in [0.2, 0.25) is 10.0 Å². The van der Waals surface area contributed by atoms with Crippen molar-refractivity contribution < 1.29 is 21.6 Å². The van der Waals surface area contributed by atoms with Gasteiger partial charge < -0.3 is 0 Å².